The molecule has 1 saturated heterocycles. The van der Waals surface area contributed by atoms with Crippen molar-refractivity contribution in [3.05, 3.63) is 101 Å². The molecule has 1 aliphatic rings. The highest BCUT2D eigenvalue weighted by atomic mass is 35.5. The van der Waals surface area contributed by atoms with Crippen LogP contribution in [-0.2, 0) is 14.3 Å². The van der Waals surface area contributed by atoms with E-state index >= 15 is 0 Å². The predicted molar refractivity (Wildman–Crippen MR) is 150 cm³/mol. The predicted octanol–water partition coefficient (Wildman–Crippen LogP) is 2.60. The molecule has 3 heterocycles. The Labute approximate surface area is 242 Å². The number of oxazole rings is 1. The number of carbonyl (C=O) groups is 2. The first-order valence-corrected chi connectivity index (χ1v) is 13.5. The van der Waals surface area contributed by atoms with E-state index in [0.29, 0.717) is 18.2 Å². The molecule has 0 amide bonds. The number of pyridine rings is 1. The summed E-state index contributed by atoms with van der Waals surface area (Å²) in [6.07, 6.45) is 4.55. The second-order valence-corrected chi connectivity index (χ2v) is 9.68. The number of aromatic nitrogens is 2. The first-order chi connectivity index (χ1) is 19.9. The van der Waals surface area contributed by atoms with Gasteiger partial charge in [-0.25, -0.2) is 0 Å². The van der Waals surface area contributed by atoms with Crippen LogP contribution in [0.5, 0.6) is 0 Å². The zero-order valence-corrected chi connectivity index (χ0v) is 22.9. The summed E-state index contributed by atoms with van der Waals surface area (Å²) in [7, 11) is 0. The number of carboxylic acids is 2. The van der Waals surface area contributed by atoms with Gasteiger partial charge in [0.2, 0.25) is 0 Å². The lowest BCUT2D eigenvalue weighted by atomic mass is 10.0. The lowest BCUT2D eigenvalue weighted by Gasteiger charge is -2.34. The normalized spacial score (nSPS) is 14.9. The van der Waals surface area contributed by atoms with Gasteiger partial charge < -0.3 is 39.2 Å². The number of carboxylic acid groups (broad SMARTS) is 2. The topological polar surface area (TPSA) is 144 Å². The summed E-state index contributed by atoms with van der Waals surface area (Å²) in [4.78, 5) is 30.3. The van der Waals surface area contributed by atoms with Gasteiger partial charge in [-0.2, -0.15) is 4.98 Å². The molecular weight excluding hydrogens is 548 g/mol. The summed E-state index contributed by atoms with van der Waals surface area (Å²) in [5.74, 6) is -3.09. The van der Waals surface area contributed by atoms with E-state index in [1.807, 2.05) is 72.9 Å². The summed E-state index contributed by atoms with van der Waals surface area (Å²) in [6, 6.07) is 22.2. The minimum atomic E-state index is -1.55. The third-order valence-corrected chi connectivity index (χ3v) is 6.60. The molecule has 4 aromatic rings. The van der Waals surface area contributed by atoms with Crippen molar-refractivity contribution in [2.75, 3.05) is 31.5 Å². The van der Waals surface area contributed by atoms with E-state index in [1.165, 1.54) is 0 Å². The van der Waals surface area contributed by atoms with E-state index in [2.05, 4.69) is 20.2 Å². The van der Waals surface area contributed by atoms with Crippen molar-refractivity contribution >= 4 is 40.7 Å². The van der Waals surface area contributed by atoms with Gasteiger partial charge in [0.25, 0.3) is 6.01 Å². The van der Waals surface area contributed by atoms with Gasteiger partial charge in [0, 0.05) is 37.4 Å². The van der Waals surface area contributed by atoms with E-state index in [0.717, 1.165) is 66.4 Å². The number of para-hydroxylation sites is 2. The molecule has 0 aliphatic carbocycles. The van der Waals surface area contributed by atoms with Gasteiger partial charge in [0.1, 0.15) is 11.6 Å². The molecule has 1 aliphatic heterocycles. The number of rotatable bonds is 10. The van der Waals surface area contributed by atoms with Crippen LogP contribution < -0.4 is 15.5 Å². The molecule has 1 N–H and O–H groups in total. The number of carbonyl (C=O) groups excluding carboxylic acids is 2. The average molecular weight is 577 g/mol. The molecule has 10 nitrogen and oxygen atoms in total. The summed E-state index contributed by atoms with van der Waals surface area (Å²) in [5.41, 5.74) is 3.68. The van der Waals surface area contributed by atoms with Crippen LogP contribution in [0.2, 0.25) is 5.02 Å². The van der Waals surface area contributed by atoms with Gasteiger partial charge in [0.05, 0.1) is 23.7 Å². The van der Waals surface area contributed by atoms with Gasteiger partial charge >= 0.3 is 0 Å². The molecule has 0 spiro atoms. The molecule has 11 heteroatoms. The fourth-order valence-electron chi connectivity index (χ4n) is 4.35. The third-order valence-electron chi connectivity index (χ3n) is 6.35. The number of fused-ring (bicyclic) bond motifs is 1. The highest BCUT2D eigenvalue weighted by molar-refractivity contribution is 6.30. The summed E-state index contributed by atoms with van der Waals surface area (Å²) in [5, 5.41) is 22.9. The maximum Gasteiger partial charge on any atom is 0.295 e. The molecule has 0 saturated carbocycles. The number of nitrogens with one attached hydrogen (secondary N) is 1. The Bertz CT molecular complexity index is 1390. The Kier molecular flexibility index (Phi) is 10.8. The molecule has 2 aromatic heterocycles. The number of piperidine rings is 1. The number of nitrogens with zero attached hydrogens (tertiary/aromatic N) is 3. The van der Waals surface area contributed by atoms with Gasteiger partial charge in [0.15, 0.2) is 5.58 Å². The lowest BCUT2D eigenvalue weighted by molar-refractivity contribution is -0.301. The Morgan fingerprint density at radius 2 is 1.71 bits per heavy atom. The monoisotopic (exact) mass is 576 g/mol. The first-order valence-electron chi connectivity index (χ1n) is 13.1. The van der Waals surface area contributed by atoms with Gasteiger partial charge in [-0.1, -0.05) is 41.9 Å². The van der Waals surface area contributed by atoms with E-state index in [4.69, 9.17) is 20.8 Å². The lowest BCUT2D eigenvalue weighted by Crippen LogP contribution is -2.39. The zero-order valence-electron chi connectivity index (χ0n) is 22.1. The summed E-state index contributed by atoms with van der Waals surface area (Å²) < 4.78 is 12.3. The number of anilines is 1. The molecular formula is C30H29ClN4O6-2. The molecule has 0 radical (unpaired) electrons. The van der Waals surface area contributed by atoms with Crippen LogP contribution in [0.15, 0.2) is 89.5 Å². The van der Waals surface area contributed by atoms with Gasteiger partial charge in [-0.05, 0) is 67.0 Å². The standard InChI is InChI=1S/C26H27ClN4O2.C4H4O4/c27-20-10-8-19(9-11-20)25(23-6-3-4-14-28-23)32-21-12-16-31(17-13-21)18-15-29-26-30-22-5-1-2-7-24(22)33-26;5-3(6)1-2-4(7)8/h1-11,14,21,25H,12-13,15-18H2,(H,29,30);1-2H,(H,5,6)(H,7,8)/p-2. The van der Waals surface area contributed by atoms with Crippen molar-refractivity contribution in [2.45, 2.75) is 25.0 Å². The highest BCUT2D eigenvalue weighted by Crippen LogP contribution is 2.29. The van der Waals surface area contributed by atoms with Gasteiger partial charge in [-0.3, -0.25) is 4.98 Å². The molecule has 1 unspecified atom stereocenters. The second-order valence-electron chi connectivity index (χ2n) is 9.25. The van der Waals surface area contributed by atoms with Crippen LogP contribution in [0.3, 0.4) is 0 Å². The maximum absolute atomic E-state index is 9.41. The van der Waals surface area contributed by atoms with E-state index in [-0.39, 0.29) is 12.2 Å². The third kappa shape index (κ3) is 9.42. The molecule has 1 fully saturated rings. The van der Waals surface area contributed by atoms with E-state index in [9.17, 15) is 19.8 Å². The Morgan fingerprint density at radius 1 is 1.02 bits per heavy atom. The molecule has 1 atom stereocenters. The number of benzene rings is 2. The number of hydrogen-bond donors (Lipinski definition) is 1. The quantitative estimate of drug-likeness (QED) is 0.280. The minimum Gasteiger partial charge on any atom is -0.545 e. The molecule has 5 rings (SSSR count). The van der Waals surface area contributed by atoms with Crippen LogP contribution in [0.4, 0.5) is 6.01 Å². The number of ether oxygens (including phenoxy) is 1. The van der Waals surface area contributed by atoms with Crippen molar-refractivity contribution in [2.24, 2.45) is 0 Å². The minimum absolute atomic E-state index is 0.189. The van der Waals surface area contributed by atoms with E-state index < -0.39 is 11.9 Å². The van der Waals surface area contributed by atoms with Crippen LogP contribution in [-0.4, -0.2) is 59.1 Å². The number of likely N-dealkylation sites (tertiary alicyclic amines) is 1. The second kappa shape index (κ2) is 14.9. The number of halogens is 1. The molecule has 2 aromatic carbocycles. The number of aliphatic carboxylic acids is 2. The van der Waals surface area contributed by atoms with Crippen LogP contribution in [0.1, 0.15) is 30.2 Å². The van der Waals surface area contributed by atoms with Crippen molar-refractivity contribution in [3.8, 4) is 0 Å². The fraction of sp³-hybridized carbons (Fsp3) is 0.267. The van der Waals surface area contributed by atoms with Crippen molar-refractivity contribution in [1.29, 1.82) is 0 Å². The molecule has 41 heavy (non-hydrogen) atoms. The Hall–Kier alpha value is -4.25. The van der Waals surface area contributed by atoms with Gasteiger partial charge in [-0.15, -0.1) is 0 Å². The largest absolute Gasteiger partial charge is 0.545 e. The molecule has 0 bridgehead atoms. The van der Waals surface area contributed by atoms with Crippen LogP contribution in [0.25, 0.3) is 11.1 Å². The SMILES string of the molecule is Clc1ccc(C(OC2CCN(CCNc3nc4ccccc4o3)CC2)c2ccccn2)cc1.O=C([O-])C=CC(=O)[O-]. The summed E-state index contributed by atoms with van der Waals surface area (Å²) in [6.45, 7) is 3.72. The summed E-state index contributed by atoms with van der Waals surface area (Å²) >= 11 is 6.09. The Morgan fingerprint density at radius 3 is 2.34 bits per heavy atom. The van der Waals surface area contributed by atoms with Crippen molar-refractivity contribution < 1.29 is 29.0 Å². The van der Waals surface area contributed by atoms with E-state index in [1.54, 1.807) is 0 Å². The fourth-order valence-corrected chi connectivity index (χ4v) is 4.48. The number of hydrogen-bond acceptors (Lipinski definition) is 10. The maximum atomic E-state index is 9.41. The first kappa shape index (κ1) is 29.7. The average Bonchev–Trinajstić information content (AvgIpc) is 3.40. The molecule has 214 valence electrons. The zero-order chi connectivity index (χ0) is 29.0. The smallest absolute Gasteiger partial charge is 0.295 e. The van der Waals surface area contributed by atoms with Crippen molar-refractivity contribution in [1.82, 2.24) is 14.9 Å². The van der Waals surface area contributed by atoms with Crippen LogP contribution in [0, 0.1) is 0 Å². The van der Waals surface area contributed by atoms with Crippen LogP contribution >= 0.6 is 11.6 Å². The Balaban J connectivity index is 0.000000426. The highest BCUT2D eigenvalue weighted by Gasteiger charge is 2.25. The van der Waals surface area contributed by atoms with Crippen molar-refractivity contribution in [3.63, 3.8) is 0 Å².